The number of thioether (sulfide) groups is 1. The monoisotopic (exact) mass is 326 g/mol. The summed E-state index contributed by atoms with van der Waals surface area (Å²) in [5.74, 6) is -1.62. The molecule has 1 atom stereocenters. The van der Waals surface area contributed by atoms with Gasteiger partial charge in [0.25, 0.3) is 0 Å². The van der Waals surface area contributed by atoms with Crippen molar-refractivity contribution in [3.8, 4) is 0 Å². The number of ketones is 1. The summed E-state index contributed by atoms with van der Waals surface area (Å²) in [6.45, 7) is 1.22. The van der Waals surface area contributed by atoms with Crippen LogP contribution in [0, 0.1) is 0 Å². The molecule has 8 heteroatoms. The first kappa shape index (κ1) is 16.8. The molecule has 110 valence electrons. The maximum Gasteiger partial charge on any atom is 0.446 e. The van der Waals surface area contributed by atoms with E-state index in [1.807, 2.05) is 0 Å². The minimum Gasteiger partial charge on any atom is -0.481 e. The highest BCUT2D eigenvalue weighted by molar-refractivity contribution is 8.00. The summed E-state index contributed by atoms with van der Waals surface area (Å²) < 4.78 is 36.9. The lowest BCUT2D eigenvalue weighted by Crippen LogP contribution is -2.09. The summed E-state index contributed by atoms with van der Waals surface area (Å²) in [5.41, 5.74) is -4.15. The second-order valence-electron chi connectivity index (χ2n) is 3.95. The van der Waals surface area contributed by atoms with Gasteiger partial charge in [-0.05, 0) is 41.9 Å². The Morgan fingerprint density at radius 1 is 1.40 bits per heavy atom. The van der Waals surface area contributed by atoms with Crippen molar-refractivity contribution >= 4 is 35.1 Å². The Labute approximate surface area is 122 Å². The predicted molar refractivity (Wildman–Crippen MR) is 69.0 cm³/mol. The van der Waals surface area contributed by atoms with Gasteiger partial charge in [0.05, 0.1) is 6.42 Å². The van der Waals surface area contributed by atoms with Crippen LogP contribution in [0.5, 0.6) is 0 Å². The minimum absolute atomic E-state index is 0.0990. The topological polar surface area (TPSA) is 54.4 Å². The molecule has 1 aromatic carbocycles. The van der Waals surface area contributed by atoms with Crippen molar-refractivity contribution in [2.45, 2.75) is 29.1 Å². The third kappa shape index (κ3) is 5.05. The predicted octanol–water partition coefficient (Wildman–Crippen LogP) is 3.79. The number of rotatable bonds is 5. The van der Waals surface area contributed by atoms with Crippen LogP contribution in [0.15, 0.2) is 23.1 Å². The summed E-state index contributed by atoms with van der Waals surface area (Å²) >= 11 is 5.49. The number of carboxylic acids is 1. The number of carboxylic acid groups (broad SMARTS) is 1. The summed E-state index contributed by atoms with van der Waals surface area (Å²) in [7, 11) is 0. The van der Waals surface area contributed by atoms with Crippen LogP contribution in [0.25, 0.3) is 0 Å². The standard InChI is InChI=1S/C12H10ClF3O3S/c1-6(17)11(13)9-3-2-8(20-12(14,15)16)4-7(9)5-10(18)19/h2-4,11H,5H2,1H3,(H,18,19). The highest BCUT2D eigenvalue weighted by Gasteiger charge is 2.30. The molecule has 1 N–H and O–H groups in total. The van der Waals surface area contributed by atoms with Crippen molar-refractivity contribution in [2.75, 3.05) is 0 Å². The van der Waals surface area contributed by atoms with Crippen molar-refractivity contribution in [1.82, 2.24) is 0 Å². The molecule has 0 aliphatic heterocycles. The van der Waals surface area contributed by atoms with E-state index in [2.05, 4.69) is 0 Å². The molecule has 1 rings (SSSR count). The van der Waals surface area contributed by atoms with Gasteiger partial charge in [-0.15, -0.1) is 11.6 Å². The molecule has 20 heavy (non-hydrogen) atoms. The van der Waals surface area contributed by atoms with Crippen LogP contribution in [0.1, 0.15) is 23.4 Å². The number of aliphatic carboxylic acids is 1. The van der Waals surface area contributed by atoms with Crippen LogP contribution < -0.4 is 0 Å². The highest BCUT2D eigenvalue weighted by Crippen LogP contribution is 2.38. The number of Topliss-reactive ketones (excluding diaryl/α,β-unsaturated/α-hetero) is 1. The molecule has 0 aliphatic carbocycles. The molecule has 0 saturated carbocycles. The summed E-state index contributed by atoms with van der Waals surface area (Å²) in [6.07, 6.45) is -0.502. The molecule has 0 heterocycles. The molecule has 3 nitrogen and oxygen atoms in total. The van der Waals surface area contributed by atoms with E-state index < -0.39 is 29.1 Å². The molecule has 0 spiro atoms. The summed E-state index contributed by atoms with van der Waals surface area (Å²) in [5, 5.41) is 7.70. The molecule has 0 bridgehead atoms. The first-order valence-electron chi connectivity index (χ1n) is 5.35. The number of benzene rings is 1. The molecule has 1 unspecified atom stereocenters. The molecule has 0 saturated heterocycles. The Kier molecular flexibility index (Phi) is 5.47. The lowest BCUT2D eigenvalue weighted by molar-refractivity contribution is -0.136. The van der Waals surface area contributed by atoms with E-state index in [-0.39, 0.29) is 27.8 Å². The number of halogens is 4. The van der Waals surface area contributed by atoms with E-state index in [9.17, 15) is 22.8 Å². The van der Waals surface area contributed by atoms with Crippen molar-refractivity contribution in [3.63, 3.8) is 0 Å². The van der Waals surface area contributed by atoms with Gasteiger partial charge in [-0.1, -0.05) is 6.07 Å². The van der Waals surface area contributed by atoms with E-state index in [1.54, 1.807) is 0 Å². The lowest BCUT2D eigenvalue weighted by atomic mass is 10.00. The molecule has 0 aliphatic rings. The van der Waals surface area contributed by atoms with Gasteiger partial charge in [0.15, 0.2) is 5.78 Å². The lowest BCUT2D eigenvalue weighted by Gasteiger charge is -2.14. The van der Waals surface area contributed by atoms with Crippen LogP contribution in [0.3, 0.4) is 0 Å². The van der Waals surface area contributed by atoms with Crippen molar-refractivity contribution in [1.29, 1.82) is 0 Å². The SMILES string of the molecule is CC(=O)C(Cl)c1ccc(SC(F)(F)F)cc1CC(=O)O. The quantitative estimate of drug-likeness (QED) is 0.660. The maximum absolute atomic E-state index is 12.3. The van der Waals surface area contributed by atoms with E-state index >= 15 is 0 Å². The Morgan fingerprint density at radius 2 is 2.00 bits per heavy atom. The fourth-order valence-electron chi connectivity index (χ4n) is 1.56. The van der Waals surface area contributed by atoms with Crippen molar-refractivity contribution in [3.05, 3.63) is 29.3 Å². The second-order valence-corrected chi connectivity index (χ2v) is 5.53. The van der Waals surface area contributed by atoms with Gasteiger partial charge in [0.1, 0.15) is 5.38 Å². The number of carbonyl (C=O) groups is 2. The Balaban J connectivity index is 3.19. The van der Waals surface area contributed by atoms with Gasteiger partial charge >= 0.3 is 11.5 Å². The molecule has 0 radical (unpaired) electrons. The van der Waals surface area contributed by atoms with Gasteiger partial charge in [-0.2, -0.15) is 13.2 Å². The van der Waals surface area contributed by atoms with E-state index in [0.717, 1.165) is 12.1 Å². The Morgan fingerprint density at radius 3 is 2.45 bits per heavy atom. The fourth-order valence-corrected chi connectivity index (χ4v) is 2.38. The molecule has 0 fully saturated rings. The number of alkyl halides is 4. The molecular formula is C12H10ClF3O3S. The average Bonchev–Trinajstić information content (AvgIpc) is 2.25. The molecule has 0 aromatic heterocycles. The summed E-state index contributed by atoms with van der Waals surface area (Å²) in [4.78, 5) is 21.8. The highest BCUT2D eigenvalue weighted by atomic mass is 35.5. The van der Waals surface area contributed by atoms with Crippen LogP contribution in [0.4, 0.5) is 13.2 Å². The number of carbonyl (C=O) groups excluding carboxylic acids is 1. The van der Waals surface area contributed by atoms with Gasteiger partial charge < -0.3 is 5.11 Å². The van der Waals surface area contributed by atoms with Crippen LogP contribution in [-0.2, 0) is 16.0 Å². The molecule has 1 aromatic rings. The Hall–Kier alpha value is -1.21. The normalized spacial score (nSPS) is 13.1. The van der Waals surface area contributed by atoms with E-state index in [0.29, 0.717) is 0 Å². The fraction of sp³-hybridized carbons (Fsp3) is 0.333. The number of hydrogen-bond donors (Lipinski definition) is 1. The van der Waals surface area contributed by atoms with Gasteiger partial charge in [0, 0.05) is 4.90 Å². The van der Waals surface area contributed by atoms with Crippen molar-refractivity contribution in [2.24, 2.45) is 0 Å². The van der Waals surface area contributed by atoms with Gasteiger partial charge in [-0.25, -0.2) is 0 Å². The van der Waals surface area contributed by atoms with Gasteiger partial charge in [-0.3, -0.25) is 9.59 Å². The first-order chi connectivity index (χ1) is 9.10. The summed E-state index contributed by atoms with van der Waals surface area (Å²) in [6, 6.07) is 3.52. The largest absolute Gasteiger partial charge is 0.481 e. The van der Waals surface area contributed by atoms with Crippen molar-refractivity contribution < 1.29 is 27.9 Å². The van der Waals surface area contributed by atoms with Crippen LogP contribution >= 0.6 is 23.4 Å². The molecular weight excluding hydrogens is 317 g/mol. The van der Waals surface area contributed by atoms with Crippen LogP contribution in [0.2, 0.25) is 0 Å². The average molecular weight is 327 g/mol. The third-order valence-corrected chi connectivity index (χ3v) is 3.58. The van der Waals surface area contributed by atoms with E-state index in [1.165, 1.54) is 13.0 Å². The zero-order valence-corrected chi connectivity index (χ0v) is 11.8. The Bertz CT molecular complexity index is 531. The zero-order chi connectivity index (χ0) is 15.5. The van der Waals surface area contributed by atoms with Gasteiger partial charge in [0.2, 0.25) is 0 Å². The zero-order valence-electron chi connectivity index (χ0n) is 10.2. The first-order valence-corrected chi connectivity index (χ1v) is 6.60. The maximum atomic E-state index is 12.3. The smallest absolute Gasteiger partial charge is 0.446 e. The number of hydrogen-bond acceptors (Lipinski definition) is 3. The third-order valence-electron chi connectivity index (χ3n) is 2.32. The van der Waals surface area contributed by atoms with E-state index in [4.69, 9.17) is 16.7 Å². The second kappa shape index (κ2) is 6.49. The van der Waals surface area contributed by atoms with Crippen LogP contribution in [-0.4, -0.2) is 22.4 Å². The minimum atomic E-state index is -4.47. The molecule has 0 amide bonds.